The third kappa shape index (κ3) is 2.78. The molecule has 5 heteroatoms. The molecular weight excluding hydrogens is 280 g/mol. The zero-order valence-corrected chi connectivity index (χ0v) is 13.7. The van der Waals surface area contributed by atoms with E-state index in [1.165, 1.54) is 15.3 Å². The van der Waals surface area contributed by atoms with Crippen molar-refractivity contribution < 1.29 is 0 Å². The first-order valence-electron chi connectivity index (χ1n) is 7.17. The molecule has 110 valence electrons. The van der Waals surface area contributed by atoms with E-state index >= 15 is 0 Å². The number of rotatable bonds is 4. The van der Waals surface area contributed by atoms with Crippen molar-refractivity contribution in [1.29, 1.82) is 0 Å². The Morgan fingerprint density at radius 2 is 2.05 bits per heavy atom. The average Bonchev–Trinajstić information content (AvgIpc) is 2.99. The lowest BCUT2D eigenvalue weighted by atomic mass is 10.2. The number of pyridine rings is 1. The number of nitrogens with one attached hydrogen (secondary N) is 1. The second-order valence-electron chi connectivity index (χ2n) is 5.61. The Kier molecular flexibility index (Phi) is 3.68. The molecule has 21 heavy (non-hydrogen) atoms. The normalized spacial score (nSPS) is 11.5. The van der Waals surface area contributed by atoms with Crippen molar-refractivity contribution >= 4 is 28.1 Å². The fourth-order valence-corrected chi connectivity index (χ4v) is 3.42. The molecule has 0 aromatic carbocycles. The fourth-order valence-electron chi connectivity index (χ4n) is 2.47. The van der Waals surface area contributed by atoms with Crippen molar-refractivity contribution in [2.75, 3.05) is 5.32 Å². The van der Waals surface area contributed by atoms with Crippen LogP contribution in [0.2, 0.25) is 0 Å². The van der Waals surface area contributed by atoms with Crippen molar-refractivity contribution in [2.45, 2.75) is 40.3 Å². The van der Waals surface area contributed by atoms with Gasteiger partial charge in [-0.2, -0.15) is 5.10 Å². The Morgan fingerprint density at radius 3 is 2.71 bits per heavy atom. The number of hydrogen-bond acceptors (Lipinski definition) is 4. The quantitative estimate of drug-likeness (QED) is 0.781. The zero-order chi connectivity index (χ0) is 15.0. The van der Waals surface area contributed by atoms with Gasteiger partial charge in [0.05, 0.1) is 18.1 Å². The van der Waals surface area contributed by atoms with Crippen LogP contribution in [0.25, 0.3) is 11.0 Å². The van der Waals surface area contributed by atoms with Crippen molar-refractivity contribution in [1.82, 2.24) is 14.8 Å². The van der Waals surface area contributed by atoms with Crippen LogP contribution in [0.4, 0.5) is 5.69 Å². The molecule has 0 aliphatic heterocycles. The number of aromatic nitrogens is 3. The lowest BCUT2D eigenvalue weighted by Gasteiger charge is -2.08. The summed E-state index contributed by atoms with van der Waals surface area (Å²) < 4.78 is 1.95. The SMILES string of the molecule is Cc1cc(CNc2cnc3c(cnn3C(C)C)c2)c(C)s1. The molecule has 0 aliphatic rings. The molecule has 0 saturated carbocycles. The van der Waals surface area contributed by atoms with Crippen LogP contribution in [0.15, 0.2) is 24.5 Å². The largest absolute Gasteiger partial charge is 0.380 e. The maximum absolute atomic E-state index is 4.54. The van der Waals surface area contributed by atoms with Gasteiger partial charge in [-0.15, -0.1) is 11.3 Å². The summed E-state index contributed by atoms with van der Waals surface area (Å²) in [4.78, 5) is 7.28. The summed E-state index contributed by atoms with van der Waals surface area (Å²) in [7, 11) is 0. The third-order valence-electron chi connectivity index (χ3n) is 3.55. The van der Waals surface area contributed by atoms with Gasteiger partial charge in [-0.05, 0) is 45.4 Å². The Bertz CT molecular complexity index is 770. The Balaban J connectivity index is 1.80. The summed E-state index contributed by atoms with van der Waals surface area (Å²) in [5.74, 6) is 0. The van der Waals surface area contributed by atoms with E-state index in [9.17, 15) is 0 Å². The summed E-state index contributed by atoms with van der Waals surface area (Å²) in [5.41, 5.74) is 3.34. The minimum atomic E-state index is 0.324. The minimum absolute atomic E-state index is 0.324. The molecule has 4 nitrogen and oxygen atoms in total. The average molecular weight is 300 g/mol. The van der Waals surface area contributed by atoms with Crippen LogP contribution in [0.5, 0.6) is 0 Å². The highest BCUT2D eigenvalue weighted by molar-refractivity contribution is 7.12. The van der Waals surface area contributed by atoms with Crippen LogP contribution in [-0.2, 0) is 6.54 Å². The minimum Gasteiger partial charge on any atom is -0.380 e. The van der Waals surface area contributed by atoms with Crippen LogP contribution < -0.4 is 5.32 Å². The van der Waals surface area contributed by atoms with Gasteiger partial charge >= 0.3 is 0 Å². The second kappa shape index (κ2) is 5.48. The summed E-state index contributed by atoms with van der Waals surface area (Å²) in [5, 5.41) is 8.93. The third-order valence-corrected chi connectivity index (χ3v) is 4.56. The van der Waals surface area contributed by atoms with E-state index in [1.54, 1.807) is 0 Å². The first kappa shape index (κ1) is 14.1. The summed E-state index contributed by atoms with van der Waals surface area (Å²) in [6, 6.07) is 4.68. The highest BCUT2D eigenvalue weighted by atomic mass is 32.1. The molecule has 0 bridgehead atoms. The molecule has 0 aliphatic carbocycles. The predicted molar refractivity (Wildman–Crippen MR) is 89.0 cm³/mol. The fraction of sp³-hybridized carbons (Fsp3) is 0.375. The van der Waals surface area contributed by atoms with Gasteiger partial charge in [0.15, 0.2) is 5.65 Å². The van der Waals surface area contributed by atoms with Gasteiger partial charge in [-0.1, -0.05) is 0 Å². The summed E-state index contributed by atoms with van der Waals surface area (Å²) >= 11 is 1.84. The molecule has 0 radical (unpaired) electrons. The van der Waals surface area contributed by atoms with Crippen LogP contribution in [0, 0.1) is 13.8 Å². The molecule has 3 rings (SSSR count). The highest BCUT2D eigenvalue weighted by Crippen LogP contribution is 2.23. The Morgan fingerprint density at radius 1 is 1.24 bits per heavy atom. The molecule has 3 aromatic heterocycles. The van der Waals surface area contributed by atoms with Gasteiger partial charge in [0.1, 0.15) is 0 Å². The highest BCUT2D eigenvalue weighted by Gasteiger charge is 2.08. The predicted octanol–water partition coefficient (Wildman–Crippen LogP) is 4.30. The topological polar surface area (TPSA) is 42.7 Å². The van der Waals surface area contributed by atoms with Crippen molar-refractivity contribution in [3.63, 3.8) is 0 Å². The maximum atomic E-state index is 4.54. The molecule has 0 unspecified atom stereocenters. The van der Waals surface area contributed by atoms with Gasteiger partial charge in [0.25, 0.3) is 0 Å². The van der Waals surface area contributed by atoms with Crippen LogP contribution in [0.3, 0.4) is 0 Å². The lowest BCUT2D eigenvalue weighted by molar-refractivity contribution is 0.546. The molecule has 1 N–H and O–H groups in total. The number of hydrogen-bond donors (Lipinski definition) is 1. The van der Waals surface area contributed by atoms with Crippen LogP contribution in [-0.4, -0.2) is 14.8 Å². The standard InChI is InChI=1S/C16H20N4S/c1-10(2)20-16-14(8-19-20)6-15(9-18-16)17-7-13-5-11(3)21-12(13)4/h5-6,8-10,17H,7H2,1-4H3. The van der Waals surface area contributed by atoms with Crippen molar-refractivity contribution in [2.24, 2.45) is 0 Å². The number of aryl methyl sites for hydroxylation is 2. The summed E-state index contributed by atoms with van der Waals surface area (Å²) in [6.45, 7) is 9.38. The number of nitrogens with zero attached hydrogens (tertiary/aromatic N) is 3. The van der Waals surface area contributed by atoms with Gasteiger partial charge < -0.3 is 5.32 Å². The number of thiophene rings is 1. The van der Waals surface area contributed by atoms with E-state index in [4.69, 9.17) is 0 Å². The molecule has 0 amide bonds. The first-order valence-corrected chi connectivity index (χ1v) is 7.99. The van der Waals surface area contributed by atoms with E-state index in [0.29, 0.717) is 6.04 Å². The molecule has 3 heterocycles. The molecule has 0 saturated heterocycles. The van der Waals surface area contributed by atoms with Crippen molar-refractivity contribution in [3.05, 3.63) is 39.8 Å². The Labute approximate surface area is 128 Å². The molecule has 0 spiro atoms. The van der Waals surface area contributed by atoms with Crippen LogP contribution >= 0.6 is 11.3 Å². The second-order valence-corrected chi connectivity index (χ2v) is 7.07. The molecule has 0 fully saturated rings. The van der Waals surface area contributed by atoms with Crippen LogP contribution in [0.1, 0.15) is 35.2 Å². The monoisotopic (exact) mass is 300 g/mol. The molecule has 3 aromatic rings. The summed E-state index contributed by atoms with van der Waals surface area (Å²) in [6.07, 6.45) is 3.77. The lowest BCUT2D eigenvalue weighted by Crippen LogP contribution is -2.04. The zero-order valence-electron chi connectivity index (χ0n) is 12.8. The van der Waals surface area contributed by atoms with Gasteiger partial charge in [0, 0.05) is 27.7 Å². The van der Waals surface area contributed by atoms with E-state index < -0.39 is 0 Å². The first-order chi connectivity index (χ1) is 10.0. The molecule has 0 atom stereocenters. The number of anilines is 1. The van der Waals surface area contributed by atoms with Crippen molar-refractivity contribution in [3.8, 4) is 0 Å². The number of fused-ring (bicyclic) bond motifs is 1. The van der Waals surface area contributed by atoms with E-state index in [0.717, 1.165) is 23.3 Å². The van der Waals surface area contributed by atoms with E-state index in [1.807, 2.05) is 28.4 Å². The maximum Gasteiger partial charge on any atom is 0.158 e. The van der Waals surface area contributed by atoms with Gasteiger partial charge in [0.2, 0.25) is 0 Å². The van der Waals surface area contributed by atoms with E-state index in [2.05, 4.69) is 55.2 Å². The molecular formula is C16H20N4S. The van der Waals surface area contributed by atoms with Gasteiger partial charge in [-0.3, -0.25) is 0 Å². The Hall–Kier alpha value is -1.88. The van der Waals surface area contributed by atoms with Gasteiger partial charge in [-0.25, -0.2) is 9.67 Å². The van der Waals surface area contributed by atoms with E-state index in [-0.39, 0.29) is 0 Å². The smallest absolute Gasteiger partial charge is 0.158 e.